The van der Waals surface area contributed by atoms with Crippen molar-refractivity contribution in [2.45, 2.75) is 26.4 Å². The number of nitrogens with zero attached hydrogens (tertiary/aromatic N) is 1. The maximum absolute atomic E-state index is 12.0. The molecule has 1 aromatic heterocycles. The van der Waals surface area contributed by atoms with Gasteiger partial charge in [-0.3, -0.25) is 0 Å². The summed E-state index contributed by atoms with van der Waals surface area (Å²) in [7, 11) is 1.59. The first-order valence-corrected chi connectivity index (χ1v) is 8.89. The Labute approximate surface area is 150 Å². The third-order valence-electron chi connectivity index (χ3n) is 3.75. The molecule has 0 saturated carbocycles. The molecule has 1 aromatic carbocycles. The van der Waals surface area contributed by atoms with Crippen LogP contribution in [0.4, 0.5) is 0 Å². The molecule has 0 spiro atoms. The van der Waals surface area contributed by atoms with Gasteiger partial charge in [-0.2, -0.15) is 0 Å². The van der Waals surface area contributed by atoms with E-state index in [2.05, 4.69) is 11.9 Å². The van der Waals surface area contributed by atoms with E-state index >= 15 is 0 Å². The molecule has 25 heavy (non-hydrogen) atoms. The van der Waals surface area contributed by atoms with Crippen LogP contribution in [0.25, 0.3) is 6.08 Å². The van der Waals surface area contributed by atoms with Crippen LogP contribution in [0.15, 0.2) is 46.4 Å². The van der Waals surface area contributed by atoms with E-state index in [1.54, 1.807) is 13.2 Å². The van der Waals surface area contributed by atoms with Gasteiger partial charge in [0.25, 0.3) is 0 Å². The molecule has 0 aliphatic carbocycles. The number of methoxy groups -OCH3 is 1. The van der Waals surface area contributed by atoms with E-state index < -0.39 is 5.97 Å². The van der Waals surface area contributed by atoms with Gasteiger partial charge in [-0.15, -0.1) is 11.3 Å². The molecule has 0 saturated heterocycles. The summed E-state index contributed by atoms with van der Waals surface area (Å²) >= 11 is 1.47. The second-order valence-electron chi connectivity index (χ2n) is 5.56. The van der Waals surface area contributed by atoms with Crippen molar-refractivity contribution in [3.05, 3.63) is 51.8 Å². The molecule has 6 heteroatoms. The SMILES string of the molecule is CC[C@H](C)Oc1ccc(/C=C2/N=C(c3cccs3)OC2=O)cc1OC. The van der Waals surface area contributed by atoms with Crippen LogP contribution in [0.3, 0.4) is 0 Å². The van der Waals surface area contributed by atoms with Crippen LogP contribution in [-0.2, 0) is 9.53 Å². The van der Waals surface area contributed by atoms with E-state index in [1.165, 1.54) is 11.3 Å². The molecule has 1 aliphatic heterocycles. The Morgan fingerprint density at radius 1 is 1.32 bits per heavy atom. The van der Waals surface area contributed by atoms with Crippen LogP contribution < -0.4 is 9.47 Å². The fourth-order valence-corrected chi connectivity index (χ4v) is 2.89. The van der Waals surface area contributed by atoms with E-state index in [1.807, 2.05) is 42.6 Å². The summed E-state index contributed by atoms with van der Waals surface area (Å²) in [5.41, 5.74) is 1.05. The topological polar surface area (TPSA) is 57.1 Å². The van der Waals surface area contributed by atoms with Crippen molar-refractivity contribution in [1.82, 2.24) is 0 Å². The quantitative estimate of drug-likeness (QED) is 0.572. The lowest BCUT2D eigenvalue weighted by molar-refractivity contribution is -0.129. The van der Waals surface area contributed by atoms with Gasteiger partial charge in [-0.25, -0.2) is 9.79 Å². The number of rotatable bonds is 6. The third-order valence-corrected chi connectivity index (χ3v) is 4.60. The number of hydrogen-bond acceptors (Lipinski definition) is 6. The Balaban J connectivity index is 1.87. The molecule has 5 nitrogen and oxygen atoms in total. The number of ether oxygens (including phenoxy) is 3. The van der Waals surface area contributed by atoms with Crippen LogP contribution in [0.5, 0.6) is 11.5 Å². The largest absolute Gasteiger partial charge is 0.493 e. The molecular weight excluding hydrogens is 338 g/mol. The van der Waals surface area contributed by atoms with Crippen molar-refractivity contribution in [1.29, 1.82) is 0 Å². The van der Waals surface area contributed by atoms with Gasteiger partial charge in [0.2, 0.25) is 5.90 Å². The highest BCUT2D eigenvalue weighted by atomic mass is 32.1. The molecule has 0 amide bonds. The second-order valence-corrected chi connectivity index (χ2v) is 6.51. The Hall–Kier alpha value is -2.60. The predicted octanol–water partition coefficient (Wildman–Crippen LogP) is 4.28. The average molecular weight is 357 g/mol. The third kappa shape index (κ3) is 3.91. The number of cyclic esters (lactones) is 1. The molecule has 1 atom stereocenters. The maximum atomic E-state index is 12.0. The van der Waals surface area contributed by atoms with E-state index in [0.29, 0.717) is 17.4 Å². The minimum Gasteiger partial charge on any atom is -0.493 e. The van der Waals surface area contributed by atoms with E-state index in [9.17, 15) is 4.79 Å². The van der Waals surface area contributed by atoms with E-state index in [0.717, 1.165) is 16.9 Å². The maximum Gasteiger partial charge on any atom is 0.363 e. The normalized spacial score (nSPS) is 16.5. The minimum absolute atomic E-state index is 0.0980. The van der Waals surface area contributed by atoms with Gasteiger partial charge < -0.3 is 14.2 Å². The number of thiophene rings is 1. The number of benzene rings is 1. The summed E-state index contributed by atoms with van der Waals surface area (Å²) in [5, 5.41) is 1.91. The molecule has 130 valence electrons. The molecule has 2 aromatic rings. The Morgan fingerprint density at radius 2 is 2.16 bits per heavy atom. The number of carbonyl (C=O) groups is 1. The summed E-state index contributed by atoms with van der Waals surface area (Å²) in [6, 6.07) is 9.26. The first-order chi connectivity index (χ1) is 12.1. The predicted molar refractivity (Wildman–Crippen MR) is 98.3 cm³/mol. The highest BCUT2D eigenvalue weighted by Gasteiger charge is 2.24. The Morgan fingerprint density at radius 3 is 2.84 bits per heavy atom. The molecular formula is C19H19NO4S. The first-order valence-electron chi connectivity index (χ1n) is 8.02. The molecule has 0 fully saturated rings. The van der Waals surface area contributed by atoms with E-state index in [4.69, 9.17) is 14.2 Å². The Kier molecular flexibility index (Phi) is 5.19. The lowest BCUT2D eigenvalue weighted by Gasteiger charge is -2.15. The van der Waals surface area contributed by atoms with Crippen molar-refractivity contribution in [3.63, 3.8) is 0 Å². The van der Waals surface area contributed by atoms with Crippen LogP contribution >= 0.6 is 11.3 Å². The smallest absolute Gasteiger partial charge is 0.363 e. The van der Waals surface area contributed by atoms with Crippen LogP contribution in [-0.4, -0.2) is 25.1 Å². The van der Waals surface area contributed by atoms with Gasteiger partial charge >= 0.3 is 5.97 Å². The standard InChI is InChI=1S/C19H19NO4S/c1-4-12(2)23-15-8-7-13(11-16(15)22-3)10-14-19(21)24-18(20-14)17-6-5-9-25-17/h5-12H,4H2,1-3H3/b14-10+/t12-/m0/s1. The van der Waals surface area contributed by atoms with Gasteiger partial charge in [0, 0.05) is 0 Å². The number of hydrogen-bond donors (Lipinski definition) is 0. The minimum atomic E-state index is -0.456. The molecule has 0 unspecified atom stereocenters. The summed E-state index contributed by atoms with van der Waals surface area (Å²) < 4.78 is 16.5. The molecule has 0 bridgehead atoms. The van der Waals surface area contributed by atoms with Gasteiger partial charge in [0.05, 0.1) is 18.1 Å². The summed E-state index contributed by atoms with van der Waals surface area (Å²) in [4.78, 5) is 17.1. The van der Waals surface area contributed by atoms with Crippen molar-refractivity contribution < 1.29 is 19.0 Å². The summed E-state index contributed by atoms with van der Waals surface area (Å²) in [6.45, 7) is 4.06. The highest BCUT2D eigenvalue weighted by molar-refractivity contribution is 7.12. The number of esters is 1. The second kappa shape index (κ2) is 7.53. The zero-order chi connectivity index (χ0) is 17.8. The monoisotopic (exact) mass is 357 g/mol. The highest BCUT2D eigenvalue weighted by Crippen LogP contribution is 2.31. The fourth-order valence-electron chi connectivity index (χ4n) is 2.24. The zero-order valence-corrected chi connectivity index (χ0v) is 15.1. The van der Waals surface area contributed by atoms with Gasteiger partial charge in [0.15, 0.2) is 17.2 Å². The summed E-state index contributed by atoms with van der Waals surface area (Å²) in [5.74, 6) is 1.18. The van der Waals surface area contributed by atoms with Crippen LogP contribution in [0.1, 0.15) is 30.7 Å². The van der Waals surface area contributed by atoms with Crippen molar-refractivity contribution >= 4 is 29.3 Å². The summed E-state index contributed by atoms with van der Waals surface area (Å²) in [6.07, 6.45) is 2.68. The lowest BCUT2D eigenvalue weighted by atomic mass is 10.1. The molecule has 0 N–H and O–H groups in total. The van der Waals surface area contributed by atoms with Gasteiger partial charge in [-0.05, 0) is 48.6 Å². The molecule has 2 heterocycles. The van der Waals surface area contributed by atoms with Crippen molar-refractivity contribution in [2.24, 2.45) is 4.99 Å². The first kappa shape index (κ1) is 17.2. The van der Waals surface area contributed by atoms with Crippen molar-refractivity contribution in [3.8, 4) is 11.5 Å². The number of aliphatic imine (C=N–C) groups is 1. The van der Waals surface area contributed by atoms with Crippen LogP contribution in [0, 0.1) is 0 Å². The Bertz CT molecular complexity index is 824. The molecule has 1 aliphatic rings. The number of carbonyl (C=O) groups excluding carboxylic acids is 1. The fraction of sp³-hybridized carbons (Fsp3) is 0.263. The molecule has 0 radical (unpaired) electrons. The van der Waals surface area contributed by atoms with Gasteiger partial charge in [0.1, 0.15) is 0 Å². The average Bonchev–Trinajstić information content (AvgIpc) is 3.26. The zero-order valence-electron chi connectivity index (χ0n) is 14.3. The van der Waals surface area contributed by atoms with Crippen LogP contribution in [0.2, 0.25) is 0 Å². The van der Waals surface area contributed by atoms with E-state index in [-0.39, 0.29) is 11.8 Å². The lowest BCUT2D eigenvalue weighted by Crippen LogP contribution is -2.10. The van der Waals surface area contributed by atoms with Gasteiger partial charge in [-0.1, -0.05) is 19.1 Å². The van der Waals surface area contributed by atoms with Crippen molar-refractivity contribution in [2.75, 3.05) is 7.11 Å². The molecule has 3 rings (SSSR count).